The van der Waals surface area contributed by atoms with Crippen molar-refractivity contribution in [2.24, 2.45) is 0 Å². The minimum absolute atomic E-state index is 0.0811. The van der Waals surface area contributed by atoms with Crippen LogP contribution >= 0.6 is 11.3 Å². The first-order chi connectivity index (χ1) is 21.7. The first kappa shape index (κ1) is 27.9. The first-order valence-corrected chi connectivity index (χ1v) is 16.7. The lowest BCUT2D eigenvalue weighted by Crippen LogP contribution is -2.17. The van der Waals surface area contributed by atoms with Gasteiger partial charge in [0.1, 0.15) is 0 Å². The van der Waals surface area contributed by atoms with Crippen LogP contribution in [0.2, 0.25) is 0 Å². The van der Waals surface area contributed by atoms with Gasteiger partial charge in [-0.2, -0.15) is 0 Å². The number of para-hydroxylation sites is 2. The third-order valence-electron chi connectivity index (χ3n) is 9.64. The van der Waals surface area contributed by atoms with E-state index in [2.05, 4.69) is 173 Å². The van der Waals surface area contributed by atoms with E-state index >= 15 is 0 Å². The molecule has 0 saturated carbocycles. The molecule has 0 N–H and O–H groups in total. The van der Waals surface area contributed by atoms with Crippen molar-refractivity contribution in [3.8, 4) is 22.3 Å². The lowest BCUT2D eigenvalue weighted by molar-refractivity contribution is 0.584. The molecule has 1 nitrogen and oxygen atoms in total. The molecule has 2 heteroatoms. The lowest BCUT2D eigenvalue weighted by Gasteiger charge is -2.28. The van der Waals surface area contributed by atoms with Gasteiger partial charge in [0.05, 0.1) is 5.69 Å². The number of thiophene rings is 1. The maximum atomic E-state index is 2.46. The minimum atomic E-state index is -0.0811. The number of benzene rings is 6. The topological polar surface area (TPSA) is 3.24 Å². The molecule has 0 fully saturated rings. The highest BCUT2D eigenvalue weighted by Crippen LogP contribution is 2.54. The Bertz CT molecular complexity index is 2230. The minimum Gasteiger partial charge on any atom is -0.310 e. The van der Waals surface area contributed by atoms with Crippen molar-refractivity contribution >= 4 is 48.6 Å². The van der Waals surface area contributed by atoms with Crippen LogP contribution in [0, 0.1) is 0 Å². The van der Waals surface area contributed by atoms with Crippen molar-refractivity contribution < 1.29 is 0 Å². The van der Waals surface area contributed by atoms with E-state index in [1.807, 2.05) is 11.3 Å². The van der Waals surface area contributed by atoms with Gasteiger partial charge in [-0.3, -0.25) is 0 Å². The Morgan fingerprint density at radius 3 is 2.07 bits per heavy atom. The van der Waals surface area contributed by atoms with E-state index in [0.717, 1.165) is 11.4 Å². The average molecular weight is 600 g/mol. The summed E-state index contributed by atoms with van der Waals surface area (Å²) in [4.78, 5) is 2.43. The zero-order chi connectivity index (χ0) is 30.9. The number of nitrogens with zero attached hydrogens (tertiary/aromatic N) is 1. The molecule has 7 aromatic rings. The van der Waals surface area contributed by atoms with Crippen molar-refractivity contribution in [2.75, 3.05) is 4.90 Å². The largest absolute Gasteiger partial charge is 0.310 e. The van der Waals surface area contributed by atoms with Crippen LogP contribution in [0.15, 0.2) is 133 Å². The number of hydrogen-bond acceptors (Lipinski definition) is 2. The van der Waals surface area contributed by atoms with Crippen LogP contribution in [0.4, 0.5) is 17.1 Å². The summed E-state index contributed by atoms with van der Waals surface area (Å²) in [6.07, 6.45) is 0. The van der Waals surface area contributed by atoms with E-state index in [0.29, 0.717) is 0 Å². The van der Waals surface area contributed by atoms with Gasteiger partial charge in [0.25, 0.3) is 0 Å². The van der Waals surface area contributed by atoms with Gasteiger partial charge in [-0.15, -0.1) is 11.3 Å². The van der Waals surface area contributed by atoms with Gasteiger partial charge in [-0.25, -0.2) is 0 Å². The highest BCUT2D eigenvalue weighted by Gasteiger charge is 2.38. The Labute approximate surface area is 270 Å². The van der Waals surface area contributed by atoms with Crippen LogP contribution in [0.5, 0.6) is 0 Å². The molecule has 0 bridgehead atoms. The highest BCUT2D eigenvalue weighted by atomic mass is 32.1. The Balaban J connectivity index is 1.35. The van der Waals surface area contributed by atoms with Crippen molar-refractivity contribution in [1.29, 1.82) is 0 Å². The summed E-state index contributed by atoms with van der Waals surface area (Å²) < 4.78 is 2.63. The Hall–Kier alpha value is -4.66. The van der Waals surface area contributed by atoms with Crippen molar-refractivity contribution in [3.63, 3.8) is 0 Å². The smallest absolute Gasteiger partial charge is 0.0540 e. The van der Waals surface area contributed by atoms with Crippen molar-refractivity contribution in [3.05, 3.63) is 150 Å². The summed E-state index contributed by atoms with van der Waals surface area (Å²) in [6.45, 7) is 11.7. The van der Waals surface area contributed by atoms with Gasteiger partial charge in [0.15, 0.2) is 0 Å². The number of anilines is 3. The highest BCUT2D eigenvalue weighted by molar-refractivity contribution is 7.25. The number of fused-ring (bicyclic) bond motifs is 6. The molecule has 1 aliphatic carbocycles. The zero-order valence-electron chi connectivity index (χ0n) is 26.6. The van der Waals surface area contributed by atoms with E-state index in [-0.39, 0.29) is 10.8 Å². The molecule has 45 heavy (non-hydrogen) atoms. The van der Waals surface area contributed by atoms with Gasteiger partial charge >= 0.3 is 0 Å². The molecule has 0 amide bonds. The molecule has 6 aromatic carbocycles. The Morgan fingerprint density at radius 1 is 0.533 bits per heavy atom. The summed E-state index contributed by atoms with van der Waals surface area (Å²) in [5, 5.41) is 2.64. The molecule has 1 aliphatic rings. The lowest BCUT2D eigenvalue weighted by atomic mass is 9.79. The Kier molecular flexibility index (Phi) is 6.31. The molecule has 0 atom stereocenters. The SMILES string of the molecule is CC(C)(C)c1ccc2c(c1)C(C)(C)c1cccc(-c3ccccc3N(c3ccccc3)c3ccc4c(c3)sc3ccccc34)c1-2. The molecule has 1 heterocycles. The summed E-state index contributed by atoms with van der Waals surface area (Å²) in [6, 6.07) is 49.5. The maximum absolute atomic E-state index is 2.46. The van der Waals surface area contributed by atoms with E-state index in [1.54, 1.807) is 0 Å². The zero-order valence-corrected chi connectivity index (χ0v) is 27.4. The fourth-order valence-electron chi connectivity index (χ4n) is 7.23. The quantitative estimate of drug-likeness (QED) is 0.194. The van der Waals surface area contributed by atoms with E-state index in [9.17, 15) is 0 Å². The van der Waals surface area contributed by atoms with Crippen LogP contribution in [-0.2, 0) is 10.8 Å². The van der Waals surface area contributed by atoms with Crippen LogP contribution < -0.4 is 4.90 Å². The fourth-order valence-corrected chi connectivity index (χ4v) is 8.37. The van der Waals surface area contributed by atoms with Crippen LogP contribution in [0.1, 0.15) is 51.3 Å². The van der Waals surface area contributed by atoms with Crippen molar-refractivity contribution in [2.45, 2.75) is 45.4 Å². The van der Waals surface area contributed by atoms with Crippen LogP contribution in [0.25, 0.3) is 42.4 Å². The molecule has 1 aromatic heterocycles. The third kappa shape index (κ3) is 4.42. The van der Waals surface area contributed by atoms with Crippen molar-refractivity contribution in [1.82, 2.24) is 0 Å². The molecule has 220 valence electrons. The van der Waals surface area contributed by atoms with E-state index < -0.39 is 0 Å². The van der Waals surface area contributed by atoms with Gasteiger partial charge in [0, 0.05) is 42.5 Å². The predicted molar refractivity (Wildman–Crippen MR) is 196 cm³/mol. The molecule has 0 spiro atoms. The third-order valence-corrected chi connectivity index (χ3v) is 10.8. The molecule has 0 unspecified atom stereocenters. The van der Waals surface area contributed by atoms with Gasteiger partial charge < -0.3 is 4.90 Å². The molecule has 0 radical (unpaired) electrons. The fraction of sp³-hybridized carbons (Fsp3) is 0.163. The molecule has 8 rings (SSSR count). The second kappa shape index (κ2) is 10.2. The number of hydrogen-bond donors (Lipinski definition) is 0. The summed E-state index contributed by atoms with van der Waals surface area (Å²) in [5.74, 6) is 0. The summed E-state index contributed by atoms with van der Waals surface area (Å²) >= 11 is 1.87. The van der Waals surface area contributed by atoms with Gasteiger partial charge in [-0.05, 0) is 75.2 Å². The normalized spacial score (nSPS) is 13.6. The standard InChI is InChI=1S/C43H37NS/c1-42(2,3)28-22-24-35-37(26-28)43(4,5)36-19-13-18-34(41(35)36)31-16-9-11-20-38(31)44(29-14-7-6-8-15-29)30-23-25-33-32-17-10-12-21-39(32)45-40(33)27-30/h6-27H,1-5H3. The maximum Gasteiger partial charge on any atom is 0.0540 e. The molecular weight excluding hydrogens is 563 g/mol. The second-order valence-corrected chi connectivity index (χ2v) is 14.9. The summed E-state index contributed by atoms with van der Waals surface area (Å²) in [7, 11) is 0. The van der Waals surface area contributed by atoms with E-state index in [1.165, 1.54) is 64.8 Å². The van der Waals surface area contributed by atoms with Crippen LogP contribution in [-0.4, -0.2) is 0 Å². The molecule has 0 aliphatic heterocycles. The Morgan fingerprint density at radius 2 is 1.24 bits per heavy atom. The first-order valence-electron chi connectivity index (χ1n) is 15.9. The number of rotatable bonds is 4. The predicted octanol–water partition coefficient (Wildman–Crippen LogP) is 12.8. The van der Waals surface area contributed by atoms with Crippen LogP contribution in [0.3, 0.4) is 0 Å². The molecular formula is C43H37NS. The van der Waals surface area contributed by atoms with Gasteiger partial charge in [0.2, 0.25) is 0 Å². The van der Waals surface area contributed by atoms with E-state index in [4.69, 9.17) is 0 Å². The average Bonchev–Trinajstić information content (AvgIpc) is 3.53. The monoisotopic (exact) mass is 599 g/mol. The molecule has 0 saturated heterocycles. The summed E-state index contributed by atoms with van der Waals surface area (Å²) in [5.41, 5.74) is 12.9. The van der Waals surface area contributed by atoms with Gasteiger partial charge in [-0.1, -0.05) is 132 Å². The second-order valence-electron chi connectivity index (χ2n) is 13.8.